The van der Waals surface area contributed by atoms with Crippen molar-refractivity contribution in [2.75, 3.05) is 25.0 Å². The van der Waals surface area contributed by atoms with Crippen molar-refractivity contribution in [1.29, 1.82) is 0 Å². The number of nitrogens with zero attached hydrogens (tertiary/aromatic N) is 3. The van der Waals surface area contributed by atoms with Crippen LogP contribution in [0.4, 0.5) is 5.88 Å². The predicted molar refractivity (Wildman–Crippen MR) is 93.5 cm³/mol. The van der Waals surface area contributed by atoms with E-state index in [1.54, 1.807) is 25.4 Å². The first-order valence-electron chi connectivity index (χ1n) is 8.69. The summed E-state index contributed by atoms with van der Waals surface area (Å²) in [6, 6.07) is 3.89. The fourth-order valence-electron chi connectivity index (χ4n) is 4.04. The molecule has 25 heavy (non-hydrogen) atoms. The van der Waals surface area contributed by atoms with Crippen molar-refractivity contribution in [2.45, 2.75) is 31.8 Å². The van der Waals surface area contributed by atoms with Crippen molar-refractivity contribution >= 4 is 29.2 Å². The van der Waals surface area contributed by atoms with Gasteiger partial charge in [-0.2, -0.15) is 0 Å². The number of carbonyl (C=O) groups excluding carboxylic acids is 2. The summed E-state index contributed by atoms with van der Waals surface area (Å²) in [6.07, 6.45) is 4.56. The number of amides is 2. The van der Waals surface area contributed by atoms with Gasteiger partial charge < -0.3 is 9.73 Å². The van der Waals surface area contributed by atoms with Crippen molar-refractivity contribution < 1.29 is 14.0 Å². The van der Waals surface area contributed by atoms with Gasteiger partial charge in [0.25, 0.3) is 5.91 Å². The van der Waals surface area contributed by atoms with E-state index < -0.39 is 0 Å². The number of pyridine rings is 1. The number of anilines is 1. The van der Waals surface area contributed by atoms with E-state index in [9.17, 15) is 9.59 Å². The van der Waals surface area contributed by atoms with E-state index in [1.165, 1.54) is 4.90 Å². The molecule has 0 unspecified atom stereocenters. The minimum Gasteiger partial charge on any atom is -0.440 e. The lowest BCUT2D eigenvalue weighted by Gasteiger charge is -2.49. The molecule has 7 nitrogen and oxygen atoms in total. The topological polar surface area (TPSA) is 78.7 Å². The Labute approximate surface area is 146 Å². The zero-order chi connectivity index (χ0) is 17.6. The quantitative estimate of drug-likeness (QED) is 0.855. The van der Waals surface area contributed by atoms with Crippen LogP contribution in [0.5, 0.6) is 0 Å². The molecular formula is C18H22N4O3. The molecule has 0 spiro atoms. The smallest absolute Gasteiger partial charge is 0.270 e. The largest absolute Gasteiger partial charge is 0.440 e. The highest BCUT2D eigenvalue weighted by Gasteiger charge is 2.40. The second-order valence-corrected chi connectivity index (χ2v) is 7.02. The molecule has 5 rings (SSSR count). The Morgan fingerprint density at radius 1 is 1.40 bits per heavy atom. The van der Waals surface area contributed by atoms with Crippen LogP contribution < -0.4 is 10.2 Å². The average Bonchev–Trinajstić information content (AvgIpc) is 3.07. The third-order valence-corrected chi connectivity index (χ3v) is 5.60. The molecule has 2 amide bonds. The molecule has 2 aromatic heterocycles. The highest BCUT2D eigenvalue weighted by atomic mass is 16.4. The number of fused-ring (bicyclic) bond motifs is 4. The van der Waals surface area contributed by atoms with Crippen molar-refractivity contribution in [2.24, 2.45) is 5.92 Å². The first-order valence-corrected chi connectivity index (χ1v) is 8.69. The van der Waals surface area contributed by atoms with Gasteiger partial charge in [-0.25, -0.2) is 0 Å². The van der Waals surface area contributed by atoms with E-state index in [0.717, 1.165) is 31.3 Å². The molecule has 3 aliphatic heterocycles. The van der Waals surface area contributed by atoms with Crippen LogP contribution in [0.25, 0.3) is 11.0 Å². The molecule has 2 aromatic rings. The lowest BCUT2D eigenvalue weighted by molar-refractivity contribution is -0.107. The van der Waals surface area contributed by atoms with Gasteiger partial charge in [0.05, 0.1) is 0 Å². The number of furan rings is 1. The summed E-state index contributed by atoms with van der Waals surface area (Å²) in [6.45, 7) is 4.44. The molecule has 3 saturated heterocycles. The normalized spacial score (nSPS) is 28.1. The van der Waals surface area contributed by atoms with Crippen LogP contribution in [-0.4, -0.2) is 54.4 Å². The van der Waals surface area contributed by atoms with Crippen LogP contribution >= 0.6 is 0 Å². The Morgan fingerprint density at radius 3 is 2.84 bits per heavy atom. The Bertz CT molecular complexity index is 808. The number of nitrogens with one attached hydrogen (secondary N) is 1. The third-order valence-electron chi connectivity index (χ3n) is 5.60. The zero-order valence-corrected chi connectivity index (χ0v) is 14.4. The number of aromatic nitrogens is 1. The Hall–Kier alpha value is -2.41. The number of hydrogen-bond donors (Lipinski definition) is 1. The molecule has 2 bridgehead atoms. The molecule has 3 fully saturated rings. The van der Waals surface area contributed by atoms with Gasteiger partial charge in [0.2, 0.25) is 12.3 Å². The first kappa shape index (κ1) is 16.1. The highest BCUT2D eigenvalue weighted by Crippen LogP contribution is 2.32. The molecule has 1 N–H and O–H groups in total. The molecule has 0 radical (unpaired) electrons. The minimum absolute atomic E-state index is 0.167. The molecule has 0 aromatic carbocycles. The fraction of sp³-hybridized carbons (Fsp3) is 0.500. The molecule has 3 aliphatic rings. The van der Waals surface area contributed by atoms with Crippen LogP contribution in [0.3, 0.4) is 0 Å². The van der Waals surface area contributed by atoms with Crippen LogP contribution in [0.1, 0.15) is 30.3 Å². The van der Waals surface area contributed by atoms with Crippen LogP contribution in [0.15, 0.2) is 22.7 Å². The Kier molecular flexibility index (Phi) is 3.95. The zero-order valence-electron chi connectivity index (χ0n) is 14.4. The number of hydrogen-bond acceptors (Lipinski definition) is 5. The number of piperidine rings is 3. The Balaban J connectivity index is 1.54. The van der Waals surface area contributed by atoms with E-state index in [0.29, 0.717) is 35.5 Å². The second-order valence-electron chi connectivity index (χ2n) is 7.02. The predicted octanol–water partition coefficient (Wildman–Crippen LogP) is 1.63. The maximum atomic E-state index is 12.7. The van der Waals surface area contributed by atoms with E-state index in [-0.39, 0.29) is 11.9 Å². The molecule has 5 heterocycles. The number of rotatable bonds is 4. The third kappa shape index (κ3) is 2.78. The van der Waals surface area contributed by atoms with Gasteiger partial charge in [-0.1, -0.05) is 0 Å². The van der Waals surface area contributed by atoms with E-state index in [1.807, 2.05) is 0 Å². The summed E-state index contributed by atoms with van der Waals surface area (Å²) in [5.74, 6) is 0.800. The maximum Gasteiger partial charge on any atom is 0.270 e. The second kappa shape index (κ2) is 6.15. The van der Waals surface area contributed by atoms with Gasteiger partial charge >= 0.3 is 0 Å². The molecule has 132 valence electrons. The van der Waals surface area contributed by atoms with E-state index in [2.05, 4.69) is 22.1 Å². The van der Waals surface area contributed by atoms with Gasteiger partial charge in [-0.15, -0.1) is 0 Å². The molecule has 7 heteroatoms. The number of carbonyl (C=O) groups is 2. The van der Waals surface area contributed by atoms with Gasteiger partial charge in [0, 0.05) is 42.8 Å². The van der Waals surface area contributed by atoms with Gasteiger partial charge in [0.1, 0.15) is 11.3 Å². The van der Waals surface area contributed by atoms with Gasteiger partial charge in [-0.3, -0.25) is 24.4 Å². The summed E-state index contributed by atoms with van der Waals surface area (Å²) in [5, 5.41) is 3.93. The van der Waals surface area contributed by atoms with Crippen LogP contribution in [0.2, 0.25) is 0 Å². The standard InChI is InChI=1S/C18H22N4O3/c1-11-17(12-3-5-22(11)6-4-12)20-18(24)14-8-15-13(9-19-14)7-16(25-15)21(2)10-23/h7-12,17H,3-6H2,1-2H3,(H,20,24)/t11-,17-/m0/s1. The average molecular weight is 342 g/mol. The van der Waals surface area contributed by atoms with Crippen LogP contribution in [0, 0.1) is 5.92 Å². The Morgan fingerprint density at radius 2 is 2.16 bits per heavy atom. The summed E-state index contributed by atoms with van der Waals surface area (Å²) < 4.78 is 5.64. The first-order chi connectivity index (χ1) is 12.1. The van der Waals surface area contributed by atoms with Crippen LogP contribution in [-0.2, 0) is 4.79 Å². The summed E-state index contributed by atoms with van der Waals surface area (Å²) >= 11 is 0. The summed E-state index contributed by atoms with van der Waals surface area (Å²) in [5.41, 5.74) is 0.886. The monoisotopic (exact) mass is 342 g/mol. The molecule has 0 aliphatic carbocycles. The highest BCUT2D eigenvalue weighted by molar-refractivity contribution is 5.96. The lowest BCUT2D eigenvalue weighted by Crippen LogP contribution is -2.62. The van der Waals surface area contributed by atoms with Crippen molar-refractivity contribution in [1.82, 2.24) is 15.2 Å². The molecule has 2 atom stereocenters. The summed E-state index contributed by atoms with van der Waals surface area (Å²) in [7, 11) is 1.61. The SMILES string of the molecule is C[C@H]1[C@H](NC(=O)c2cc3oc(N(C)C=O)cc3cn2)C2CCN1CC2. The summed E-state index contributed by atoms with van der Waals surface area (Å²) in [4.78, 5) is 31.6. The maximum absolute atomic E-state index is 12.7. The minimum atomic E-state index is -0.172. The van der Waals surface area contributed by atoms with Gasteiger partial charge in [0.15, 0.2) is 0 Å². The van der Waals surface area contributed by atoms with E-state index in [4.69, 9.17) is 4.42 Å². The van der Waals surface area contributed by atoms with Crippen molar-refractivity contribution in [3.63, 3.8) is 0 Å². The lowest BCUT2D eigenvalue weighted by atomic mass is 9.79. The molecular weight excluding hydrogens is 320 g/mol. The van der Waals surface area contributed by atoms with Gasteiger partial charge in [-0.05, 0) is 38.8 Å². The van der Waals surface area contributed by atoms with Crippen molar-refractivity contribution in [3.05, 3.63) is 24.0 Å². The van der Waals surface area contributed by atoms with E-state index >= 15 is 0 Å². The fourth-order valence-corrected chi connectivity index (χ4v) is 4.04. The molecule has 0 saturated carbocycles. The van der Waals surface area contributed by atoms with Crippen molar-refractivity contribution in [3.8, 4) is 0 Å².